The van der Waals surface area contributed by atoms with Crippen molar-refractivity contribution in [3.63, 3.8) is 0 Å². The van der Waals surface area contributed by atoms with E-state index < -0.39 is 12.3 Å². The number of benzene rings is 3. The fourth-order valence-corrected chi connectivity index (χ4v) is 3.32. The number of amides is 2. The molecule has 2 amide bonds. The van der Waals surface area contributed by atoms with Gasteiger partial charge in [0.15, 0.2) is 0 Å². The van der Waals surface area contributed by atoms with Gasteiger partial charge in [0.25, 0.3) is 5.91 Å². The van der Waals surface area contributed by atoms with Crippen LogP contribution in [0.4, 0.5) is 10.5 Å². The zero-order chi connectivity index (χ0) is 20.9. The van der Waals surface area contributed by atoms with Gasteiger partial charge in [0, 0.05) is 18.2 Å². The van der Waals surface area contributed by atoms with Crippen LogP contribution in [0, 0.1) is 0 Å². The molecule has 0 aromatic heterocycles. The van der Waals surface area contributed by atoms with Crippen LogP contribution in [0.3, 0.4) is 0 Å². The summed E-state index contributed by atoms with van der Waals surface area (Å²) in [6, 6.07) is 26.5. The van der Waals surface area contributed by atoms with Gasteiger partial charge in [-0.25, -0.2) is 9.79 Å². The molecular formula is C24H21N3O3. The number of ether oxygens (including phenoxy) is 1. The minimum Gasteiger partial charge on any atom is -0.445 e. The fourth-order valence-electron chi connectivity index (χ4n) is 3.32. The molecule has 30 heavy (non-hydrogen) atoms. The lowest BCUT2D eigenvalue weighted by Gasteiger charge is -2.20. The molecule has 0 radical (unpaired) electrons. The number of carbonyl (C=O) groups is 2. The van der Waals surface area contributed by atoms with Gasteiger partial charge in [0.1, 0.15) is 6.61 Å². The van der Waals surface area contributed by atoms with Gasteiger partial charge in [0.05, 0.1) is 11.4 Å². The molecule has 0 saturated heterocycles. The van der Waals surface area contributed by atoms with E-state index >= 15 is 0 Å². The molecular weight excluding hydrogens is 378 g/mol. The van der Waals surface area contributed by atoms with Crippen molar-refractivity contribution in [3.05, 3.63) is 102 Å². The maximum Gasteiger partial charge on any atom is 0.409 e. The lowest BCUT2D eigenvalue weighted by atomic mass is 10.0. The number of anilines is 1. The predicted molar refractivity (Wildman–Crippen MR) is 115 cm³/mol. The Hall–Kier alpha value is -3.93. The minimum absolute atomic E-state index is 0.110. The highest BCUT2D eigenvalue weighted by molar-refractivity contribution is 6.20. The maximum atomic E-state index is 13.0. The summed E-state index contributed by atoms with van der Waals surface area (Å²) in [6.07, 6.45) is -1.80. The molecule has 0 fully saturated rings. The van der Waals surface area contributed by atoms with Gasteiger partial charge in [-0.15, -0.1) is 0 Å². The van der Waals surface area contributed by atoms with Crippen molar-refractivity contribution in [1.29, 1.82) is 0 Å². The average Bonchev–Trinajstić information content (AvgIpc) is 2.90. The summed E-state index contributed by atoms with van der Waals surface area (Å²) in [7, 11) is 1.68. The molecule has 1 N–H and O–H groups in total. The van der Waals surface area contributed by atoms with Gasteiger partial charge in [-0.05, 0) is 11.6 Å². The standard InChI is InChI=1S/C24H21N3O3/c1-27-20-15-9-8-14-19(20)21(18-12-6-3-7-13-18)25-22(23(27)28)26-24(29)30-16-17-10-4-2-5-11-17/h2-15,22H,16H2,1H3,(H,26,29)/t22-/m0/s1. The van der Waals surface area contributed by atoms with Crippen molar-refractivity contribution in [3.8, 4) is 0 Å². The third-order valence-electron chi connectivity index (χ3n) is 4.86. The van der Waals surface area contributed by atoms with Crippen LogP contribution in [0.5, 0.6) is 0 Å². The molecule has 6 nitrogen and oxygen atoms in total. The third-order valence-corrected chi connectivity index (χ3v) is 4.86. The van der Waals surface area contributed by atoms with Crippen LogP contribution in [0.2, 0.25) is 0 Å². The molecule has 0 aliphatic carbocycles. The van der Waals surface area contributed by atoms with E-state index in [1.54, 1.807) is 7.05 Å². The number of carbonyl (C=O) groups excluding carboxylic acids is 2. The Balaban J connectivity index is 1.62. The molecule has 0 bridgehead atoms. The van der Waals surface area contributed by atoms with E-state index in [1.165, 1.54) is 4.90 Å². The van der Waals surface area contributed by atoms with Crippen LogP contribution in [0.1, 0.15) is 16.7 Å². The molecule has 1 atom stereocenters. The summed E-state index contributed by atoms with van der Waals surface area (Å²) in [5, 5.41) is 2.60. The summed E-state index contributed by atoms with van der Waals surface area (Å²) in [5.41, 5.74) is 3.90. The molecule has 1 aliphatic rings. The van der Waals surface area contributed by atoms with Crippen molar-refractivity contribution in [1.82, 2.24) is 5.32 Å². The smallest absolute Gasteiger partial charge is 0.409 e. The molecule has 0 saturated carbocycles. The van der Waals surface area contributed by atoms with E-state index in [9.17, 15) is 9.59 Å². The Morgan fingerprint density at radius 3 is 2.33 bits per heavy atom. The number of likely N-dealkylation sites (N-methyl/N-ethyl adjacent to an activating group) is 1. The second kappa shape index (κ2) is 8.61. The summed E-state index contributed by atoms with van der Waals surface area (Å²) < 4.78 is 5.28. The number of para-hydroxylation sites is 1. The monoisotopic (exact) mass is 399 g/mol. The van der Waals surface area contributed by atoms with Crippen molar-refractivity contribution >= 4 is 23.4 Å². The summed E-state index contributed by atoms with van der Waals surface area (Å²) >= 11 is 0. The summed E-state index contributed by atoms with van der Waals surface area (Å²) in [6.45, 7) is 0.110. The number of aliphatic imine (C=N–C) groups is 1. The Bertz CT molecular complexity index is 1080. The third kappa shape index (κ3) is 4.07. The molecule has 0 unspecified atom stereocenters. The summed E-state index contributed by atoms with van der Waals surface area (Å²) in [5.74, 6) is -0.343. The van der Waals surface area contributed by atoms with E-state index in [2.05, 4.69) is 10.3 Å². The Morgan fingerprint density at radius 1 is 0.967 bits per heavy atom. The van der Waals surface area contributed by atoms with Crippen molar-refractivity contribution in [2.24, 2.45) is 4.99 Å². The van der Waals surface area contributed by atoms with Gasteiger partial charge >= 0.3 is 6.09 Å². The SMILES string of the molecule is CN1C(=O)[C@H](NC(=O)OCc2ccccc2)N=C(c2ccccc2)c2ccccc21. The molecule has 3 aromatic rings. The lowest BCUT2D eigenvalue weighted by molar-refractivity contribution is -0.120. The van der Waals surface area contributed by atoms with E-state index in [0.29, 0.717) is 5.71 Å². The second-order valence-electron chi connectivity index (χ2n) is 6.87. The van der Waals surface area contributed by atoms with Crippen LogP contribution < -0.4 is 10.2 Å². The number of fused-ring (bicyclic) bond motifs is 1. The molecule has 0 spiro atoms. The molecule has 3 aromatic carbocycles. The number of alkyl carbamates (subject to hydrolysis) is 1. The highest BCUT2D eigenvalue weighted by Gasteiger charge is 2.31. The van der Waals surface area contributed by atoms with E-state index in [4.69, 9.17) is 4.74 Å². The van der Waals surface area contributed by atoms with Gasteiger partial charge in [-0.3, -0.25) is 10.1 Å². The maximum absolute atomic E-state index is 13.0. The van der Waals surface area contributed by atoms with Crippen molar-refractivity contribution < 1.29 is 14.3 Å². The Morgan fingerprint density at radius 2 is 1.60 bits per heavy atom. The highest BCUT2D eigenvalue weighted by Crippen LogP contribution is 2.27. The molecule has 150 valence electrons. The van der Waals surface area contributed by atoms with Gasteiger partial charge in [-0.2, -0.15) is 0 Å². The zero-order valence-electron chi connectivity index (χ0n) is 16.5. The van der Waals surface area contributed by atoms with Crippen molar-refractivity contribution in [2.45, 2.75) is 12.8 Å². The lowest BCUT2D eigenvalue weighted by Crippen LogP contribution is -2.46. The number of nitrogens with zero attached hydrogens (tertiary/aromatic N) is 2. The van der Waals surface area contributed by atoms with Crippen LogP contribution in [0.25, 0.3) is 0 Å². The first kappa shape index (κ1) is 19.4. The number of nitrogens with one attached hydrogen (secondary N) is 1. The van der Waals surface area contributed by atoms with Gasteiger partial charge in [0.2, 0.25) is 6.17 Å². The first-order chi connectivity index (χ1) is 14.6. The largest absolute Gasteiger partial charge is 0.445 e. The second-order valence-corrected chi connectivity index (χ2v) is 6.87. The molecule has 1 heterocycles. The normalized spacial score (nSPS) is 15.6. The minimum atomic E-state index is -1.10. The van der Waals surface area contributed by atoms with E-state index in [1.807, 2.05) is 84.9 Å². The highest BCUT2D eigenvalue weighted by atomic mass is 16.5. The van der Waals surface area contributed by atoms with E-state index in [0.717, 1.165) is 22.4 Å². The first-order valence-electron chi connectivity index (χ1n) is 9.61. The van der Waals surface area contributed by atoms with Crippen LogP contribution >= 0.6 is 0 Å². The predicted octanol–water partition coefficient (Wildman–Crippen LogP) is 3.75. The zero-order valence-corrected chi connectivity index (χ0v) is 16.5. The number of benzodiazepines with no additional fused rings is 1. The van der Waals surface area contributed by atoms with Gasteiger partial charge in [-0.1, -0.05) is 78.9 Å². The Kier molecular flexibility index (Phi) is 5.57. The van der Waals surface area contributed by atoms with Crippen molar-refractivity contribution in [2.75, 3.05) is 11.9 Å². The molecule has 6 heteroatoms. The summed E-state index contributed by atoms with van der Waals surface area (Å²) in [4.78, 5) is 31.6. The average molecular weight is 399 g/mol. The quantitative estimate of drug-likeness (QED) is 0.726. The van der Waals surface area contributed by atoms with E-state index in [-0.39, 0.29) is 12.5 Å². The number of hydrogen-bond donors (Lipinski definition) is 1. The van der Waals surface area contributed by atoms with Crippen LogP contribution in [-0.4, -0.2) is 30.9 Å². The topological polar surface area (TPSA) is 71.0 Å². The number of hydrogen-bond acceptors (Lipinski definition) is 4. The van der Waals surface area contributed by atoms with Gasteiger partial charge < -0.3 is 9.64 Å². The number of rotatable bonds is 4. The Labute approximate surface area is 174 Å². The molecule has 1 aliphatic heterocycles. The first-order valence-corrected chi connectivity index (χ1v) is 9.61. The van der Waals surface area contributed by atoms with Crippen LogP contribution in [-0.2, 0) is 16.1 Å². The molecule has 4 rings (SSSR count). The fraction of sp³-hybridized carbons (Fsp3) is 0.125. The van der Waals surface area contributed by atoms with Crippen LogP contribution in [0.15, 0.2) is 89.9 Å².